The molecule has 18 heavy (non-hydrogen) atoms. The first-order valence-electron chi connectivity index (χ1n) is 4.94. The van der Waals surface area contributed by atoms with Crippen LogP contribution in [0, 0.1) is 11.3 Å². The first-order chi connectivity index (χ1) is 8.51. The maximum absolute atomic E-state index is 13.5. The zero-order chi connectivity index (χ0) is 13.7. The number of carbonyl (C=O) groups excluding carboxylic acids is 1. The van der Waals surface area contributed by atoms with E-state index in [1.807, 2.05) is 0 Å². The number of halogens is 2. The number of hydrogen-bond acceptors (Lipinski definition) is 5. The van der Waals surface area contributed by atoms with E-state index in [4.69, 9.17) is 5.53 Å². The van der Waals surface area contributed by atoms with Gasteiger partial charge in [-0.25, -0.2) is 14.7 Å². The molecule has 0 spiro atoms. The Morgan fingerprint density at radius 3 is 2.83 bits per heavy atom. The van der Waals surface area contributed by atoms with Crippen LogP contribution in [0.25, 0.3) is 5.76 Å². The molecule has 0 unspecified atom stereocenters. The largest absolute Gasteiger partial charge is 0.505 e. The molecule has 0 saturated heterocycles. The number of nitrogens with one attached hydrogen (secondary N) is 1. The molecular formula is C11H10BrFN2O3. The number of ether oxygens (including phenoxy) is 1. The van der Waals surface area contributed by atoms with Crippen LogP contribution in [-0.4, -0.2) is 17.7 Å². The highest BCUT2D eigenvalue weighted by Gasteiger charge is 2.20. The summed E-state index contributed by atoms with van der Waals surface area (Å²) in [6.07, 6.45) is 0. The summed E-state index contributed by atoms with van der Waals surface area (Å²) < 4.78 is 18.6. The summed E-state index contributed by atoms with van der Waals surface area (Å²) in [5.41, 5.74) is 5.97. The molecular weight excluding hydrogens is 307 g/mol. The third kappa shape index (κ3) is 3.13. The highest BCUT2D eigenvalue weighted by atomic mass is 79.9. The standard InChI is InChI=1S/C11H10BrFN2O3/c1-2-18-11(17)9(15-14)10(16)7-5-6(12)3-4-8(7)13/h3-5,14,16H,2H2,1H3. The molecule has 1 aromatic rings. The third-order valence-electron chi connectivity index (χ3n) is 1.99. The van der Waals surface area contributed by atoms with Gasteiger partial charge in [-0.3, -0.25) is 0 Å². The second-order valence-electron chi connectivity index (χ2n) is 3.15. The van der Waals surface area contributed by atoms with Crippen LogP contribution >= 0.6 is 15.9 Å². The van der Waals surface area contributed by atoms with Gasteiger partial charge < -0.3 is 9.84 Å². The van der Waals surface area contributed by atoms with Crippen molar-refractivity contribution in [2.24, 2.45) is 5.11 Å². The normalized spacial score (nSPS) is 11.7. The molecule has 0 amide bonds. The van der Waals surface area contributed by atoms with Gasteiger partial charge in [-0.05, 0) is 25.1 Å². The Bertz CT molecular complexity index is 517. The Balaban J connectivity index is 3.30. The summed E-state index contributed by atoms with van der Waals surface area (Å²) in [6, 6.07) is 3.82. The zero-order valence-corrected chi connectivity index (χ0v) is 11.0. The first-order valence-corrected chi connectivity index (χ1v) is 5.73. The quantitative estimate of drug-likeness (QED) is 0.386. The minimum Gasteiger partial charge on any atom is -0.505 e. The Morgan fingerprint density at radius 2 is 2.28 bits per heavy atom. The minimum absolute atomic E-state index is 0.0616. The van der Waals surface area contributed by atoms with E-state index >= 15 is 0 Å². The topological polar surface area (TPSA) is 82.7 Å². The second kappa shape index (κ2) is 6.25. The van der Waals surface area contributed by atoms with Crippen LogP contribution in [0.15, 0.2) is 33.5 Å². The number of nitrogens with zero attached hydrogens (tertiary/aromatic N) is 1. The maximum atomic E-state index is 13.5. The van der Waals surface area contributed by atoms with Crippen molar-refractivity contribution in [1.29, 1.82) is 5.53 Å². The van der Waals surface area contributed by atoms with Gasteiger partial charge in [-0.1, -0.05) is 15.9 Å². The van der Waals surface area contributed by atoms with Crippen molar-refractivity contribution >= 4 is 27.7 Å². The minimum atomic E-state index is -0.982. The fourth-order valence-corrected chi connectivity index (χ4v) is 1.56. The van der Waals surface area contributed by atoms with E-state index < -0.39 is 23.2 Å². The zero-order valence-electron chi connectivity index (χ0n) is 9.41. The SMILES string of the molecule is CCOC(=O)C(N=N)=C(O)c1cc(Br)ccc1F. The predicted molar refractivity (Wildman–Crippen MR) is 65.4 cm³/mol. The molecule has 0 atom stereocenters. The number of esters is 1. The number of aliphatic hydroxyl groups excluding tert-OH is 1. The lowest BCUT2D eigenvalue weighted by atomic mass is 10.1. The molecule has 0 aliphatic heterocycles. The number of carbonyl (C=O) groups is 1. The maximum Gasteiger partial charge on any atom is 0.362 e. The summed E-state index contributed by atoms with van der Waals surface area (Å²) in [4.78, 5) is 11.4. The summed E-state index contributed by atoms with van der Waals surface area (Å²) >= 11 is 3.11. The van der Waals surface area contributed by atoms with E-state index in [9.17, 15) is 14.3 Å². The highest BCUT2D eigenvalue weighted by Crippen LogP contribution is 2.24. The molecule has 0 fully saturated rings. The lowest BCUT2D eigenvalue weighted by Gasteiger charge is -2.06. The van der Waals surface area contributed by atoms with Gasteiger partial charge in [0.15, 0.2) is 5.76 Å². The van der Waals surface area contributed by atoms with Crippen molar-refractivity contribution in [2.75, 3.05) is 6.61 Å². The van der Waals surface area contributed by atoms with E-state index in [-0.39, 0.29) is 12.2 Å². The van der Waals surface area contributed by atoms with Gasteiger partial charge in [-0.15, -0.1) is 5.11 Å². The van der Waals surface area contributed by atoms with Gasteiger partial charge in [0.05, 0.1) is 12.2 Å². The van der Waals surface area contributed by atoms with Crippen LogP contribution < -0.4 is 0 Å². The Hall–Kier alpha value is -1.76. The fraction of sp³-hybridized carbons (Fsp3) is 0.182. The molecule has 0 heterocycles. The Labute approximate surface area is 111 Å². The number of benzene rings is 1. The molecule has 0 bridgehead atoms. The summed E-state index contributed by atoms with van der Waals surface area (Å²) in [5, 5.41) is 12.7. The van der Waals surface area contributed by atoms with Crippen LogP contribution in [0.3, 0.4) is 0 Å². The molecule has 2 N–H and O–H groups in total. The molecule has 1 rings (SSSR count). The van der Waals surface area contributed by atoms with Crippen molar-refractivity contribution in [3.8, 4) is 0 Å². The van der Waals surface area contributed by atoms with E-state index in [2.05, 4.69) is 25.8 Å². The van der Waals surface area contributed by atoms with E-state index in [0.717, 1.165) is 6.07 Å². The van der Waals surface area contributed by atoms with Crippen LogP contribution in [0.1, 0.15) is 12.5 Å². The van der Waals surface area contributed by atoms with Gasteiger partial charge in [0.1, 0.15) is 5.82 Å². The molecule has 7 heteroatoms. The molecule has 0 aliphatic carbocycles. The van der Waals surface area contributed by atoms with Gasteiger partial charge >= 0.3 is 5.97 Å². The van der Waals surface area contributed by atoms with Crippen molar-refractivity contribution in [3.05, 3.63) is 39.7 Å². The van der Waals surface area contributed by atoms with Crippen molar-refractivity contribution in [1.82, 2.24) is 0 Å². The van der Waals surface area contributed by atoms with Crippen molar-refractivity contribution in [3.63, 3.8) is 0 Å². The van der Waals surface area contributed by atoms with E-state index in [0.29, 0.717) is 4.47 Å². The molecule has 0 saturated carbocycles. The molecule has 0 aromatic heterocycles. The van der Waals surface area contributed by atoms with Gasteiger partial charge in [0, 0.05) is 4.47 Å². The number of rotatable bonds is 4. The Kier molecular flexibility index (Phi) is 4.96. The third-order valence-corrected chi connectivity index (χ3v) is 2.48. The predicted octanol–water partition coefficient (Wildman–Crippen LogP) is 3.41. The van der Waals surface area contributed by atoms with Crippen molar-refractivity contribution in [2.45, 2.75) is 6.92 Å². The van der Waals surface area contributed by atoms with E-state index in [1.165, 1.54) is 12.1 Å². The average Bonchev–Trinajstić information content (AvgIpc) is 2.33. The summed E-state index contributed by atoms with van der Waals surface area (Å²) in [6.45, 7) is 1.63. The summed E-state index contributed by atoms with van der Waals surface area (Å²) in [5.74, 6) is -2.45. The average molecular weight is 317 g/mol. The second-order valence-corrected chi connectivity index (χ2v) is 4.07. The van der Waals surface area contributed by atoms with Crippen LogP contribution in [0.2, 0.25) is 0 Å². The molecule has 1 aromatic carbocycles. The summed E-state index contributed by atoms with van der Waals surface area (Å²) in [7, 11) is 0. The number of hydrogen-bond donors (Lipinski definition) is 2. The van der Waals surface area contributed by atoms with E-state index in [1.54, 1.807) is 6.92 Å². The number of aliphatic hydroxyl groups is 1. The Morgan fingerprint density at radius 1 is 1.61 bits per heavy atom. The molecule has 0 aliphatic rings. The lowest BCUT2D eigenvalue weighted by Crippen LogP contribution is -2.08. The molecule has 5 nitrogen and oxygen atoms in total. The van der Waals surface area contributed by atoms with Crippen LogP contribution in [0.4, 0.5) is 4.39 Å². The fourth-order valence-electron chi connectivity index (χ4n) is 1.20. The molecule has 96 valence electrons. The van der Waals surface area contributed by atoms with Crippen molar-refractivity contribution < 1.29 is 19.0 Å². The monoisotopic (exact) mass is 316 g/mol. The van der Waals surface area contributed by atoms with Crippen LogP contribution in [0.5, 0.6) is 0 Å². The first kappa shape index (κ1) is 14.3. The van der Waals surface area contributed by atoms with Gasteiger partial charge in [0.25, 0.3) is 0 Å². The van der Waals surface area contributed by atoms with Gasteiger partial charge in [0.2, 0.25) is 5.70 Å². The van der Waals surface area contributed by atoms with Crippen LogP contribution in [-0.2, 0) is 9.53 Å². The van der Waals surface area contributed by atoms with Gasteiger partial charge in [-0.2, -0.15) is 0 Å². The lowest BCUT2D eigenvalue weighted by molar-refractivity contribution is -0.138. The smallest absolute Gasteiger partial charge is 0.362 e. The highest BCUT2D eigenvalue weighted by molar-refractivity contribution is 9.10. The molecule has 0 radical (unpaired) electrons.